The largest absolute Gasteiger partial charge is 0.477 e. The van der Waals surface area contributed by atoms with Gasteiger partial charge < -0.3 is 14.1 Å². The molecule has 3 aromatic heterocycles. The Bertz CT molecular complexity index is 1350. The fourth-order valence-corrected chi connectivity index (χ4v) is 4.31. The molecule has 152 valence electrons. The van der Waals surface area contributed by atoms with Gasteiger partial charge in [0.15, 0.2) is 11.2 Å². The van der Waals surface area contributed by atoms with Crippen molar-refractivity contribution in [3.63, 3.8) is 0 Å². The lowest BCUT2D eigenvalue weighted by Crippen LogP contribution is -2.32. The Morgan fingerprint density at radius 3 is 2.73 bits per heavy atom. The molecule has 0 fully saturated rings. The number of carboxylic acids is 1. The van der Waals surface area contributed by atoms with Crippen molar-refractivity contribution in [2.45, 2.75) is 33.2 Å². The third-order valence-electron chi connectivity index (χ3n) is 5.88. The fourth-order valence-electron chi connectivity index (χ4n) is 4.31. The molecule has 2 N–H and O–H groups in total. The Balaban J connectivity index is 1.77. The highest BCUT2D eigenvalue weighted by Crippen LogP contribution is 2.46. The van der Waals surface area contributed by atoms with Crippen molar-refractivity contribution in [1.29, 1.82) is 0 Å². The maximum Gasteiger partial charge on any atom is 0.341 e. The summed E-state index contributed by atoms with van der Waals surface area (Å²) in [6.45, 7) is 6.34. The van der Waals surface area contributed by atoms with Gasteiger partial charge in [-0.25, -0.2) is 4.79 Å². The minimum Gasteiger partial charge on any atom is -0.477 e. The Kier molecular flexibility index (Phi) is 3.80. The number of benzene rings is 1. The molecule has 30 heavy (non-hydrogen) atoms. The molecule has 0 radical (unpaired) electrons. The van der Waals surface area contributed by atoms with Crippen LogP contribution in [0.1, 0.15) is 42.7 Å². The van der Waals surface area contributed by atoms with Crippen LogP contribution >= 0.6 is 0 Å². The number of aromatic amines is 1. The lowest BCUT2D eigenvalue weighted by atomic mass is 9.79. The number of rotatable bonds is 2. The molecule has 1 aliphatic heterocycles. The van der Waals surface area contributed by atoms with Crippen LogP contribution in [0.25, 0.3) is 33.7 Å². The summed E-state index contributed by atoms with van der Waals surface area (Å²) >= 11 is 0. The van der Waals surface area contributed by atoms with Gasteiger partial charge in [-0.2, -0.15) is 5.10 Å². The number of H-pyrrole nitrogens is 1. The molecular formula is C23H21N3O4. The van der Waals surface area contributed by atoms with Crippen molar-refractivity contribution in [3.05, 3.63) is 64.1 Å². The van der Waals surface area contributed by atoms with E-state index in [0.717, 1.165) is 27.8 Å². The number of aromatic carboxylic acids is 1. The van der Waals surface area contributed by atoms with Crippen molar-refractivity contribution in [3.8, 4) is 22.7 Å². The third-order valence-corrected chi connectivity index (χ3v) is 5.88. The zero-order valence-corrected chi connectivity index (χ0v) is 16.9. The van der Waals surface area contributed by atoms with E-state index in [9.17, 15) is 14.7 Å². The lowest BCUT2D eigenvalue weighted by Gasteiger charge is -2.37. The molecule has 0 amide bonds. The predicted octanol–water partition coefficient (Wildman–Crippen LogP) is 4.49. The van der Waals surface area contributed by atoms with E-state index in [0.29, 0.717) is 17.9 Å². The van der Waals surface area contributed by atoms with Crippen molar-refractivity contribution in [1.82, 2.24) is 14.8 Å². The van der Waals surface area contributed by atoms with Gasteiger partial charge in [-0.15, -0.1) is 0 Å². The molecule has 4 aromatic rings. The highest BCUT2D eigenvalue weighted by molar-refractivity contribution is 5.92. The molecule has 0 saturated heterocycles. The highest BCUT2D eigenvalue weighted by atomic mass is 16.4. The van der Waals surface area contributed by atoms with E-state index in [4.69, 9.17) is 4.42 Å². The summed E-state index contributed by atoms with van der Waals surface area (Å²) in [6, 6.07) is 9.27. The quantitative estimate of drug-likeness (QED) is 0.513. The van der Waals surface area contributed by atoms with Crippen LogP contribution in [-0.2, 0) is 6.42 Å². The second kappa shape index (κ2) is 6.19. The molecule has 0 aliphatic carbocycles. The minimum atomic E-state index is -1.22. The molecule has 0 bridgehead atoms. The van der Waals surface area contributed by atoms with Crippen LogP contribution in [0.2, 0.25) is 0 Å². The second-order valence-electron chi connectivity index (χ2n) is 8.83. The normalized spacial score (nSPS) is 15.8. The van der Waals surface area contributed by atoms with Crippen LogP contribution in [-0.4, -0.2) is 25.8 Å². The zero-order chi connectivity index (χ0) is 21.2. The smallest absolute Gasteiger partial charge is 0.341 e. The summed E-state index contributed by atoms with van der Waals surface area (Å²) in [5.74, 6) is -0.594. The monoisotopic (exact) mass is 403 g/mol. The van der Waals surface area contributed by atoms with Gasteiger partial charge in [0.25, 0.3) is 0 Å². The molecule has 1 aliphatic rings. The van der Waals surface area contributed by atoms with E-state index in [1.54, 1.807) is 6.20 Å². The molecule has 1 unspecified atom stereocenters. The number of hydrogen-bond acceptors (Lipinski definition) is 4. The number of carbonyl (C=O) groups is 1. The summed E-state index contributed by atoms with van der Waals surface area (Å²) < 4.78 is 8.12. The standard InChI is InChI=1S/C23H21N3O4/c1-23(2,3)20-9-14-13-5-4-12(16-6-7-24-25-16)8-19(13)30-21(14)17-10-18(27)15(22(28)29)11-26(17)20/h4-8,10-11,20H,9H2,1-3H3,(H,24,25)(H,28,29). The van der Waals surface area contributed by atoms with Crippen LogP contribution in [0.15, 0.2) is 51.9 Å². The van der Waals surface area contributed by atoms with Crippen molar-refractivity contribution < 1.29 is 14.3 Å². The molecular weight excluding hydrogens is 382 g/mol. The van der Waals surface area contributed by atoms with Crippen LogP contribution < -0.4 is 5.43 Å². The van der Waals surface area contributed by atoms with Gasteiger partial charge in [0, 0.05) is 41.0 Å². The van der Waals surface area contributed by atoms with Gasteiger partial charge in [0.05, 0.1) is 11.4 Å². The number of nitrogens with zero attached hydrogens (tertiary/aromatic N) is 2. The SMILES string of the molecule is CC(C)(C)C1Cc2c(oc3cc(-c4ccn[nH]4)ccc23)-c2cc(=O)c(C(=O)O)cn21. The van der Waals surface area contributed by atoms with Crippen LogP contribution in [0.3, 0.4) is 0 Å². The van der Waals surface area contributed by atoms with Crippen molar-refractivity contribution >= 4 is 16.9 Å². The maximum atomic E-state index is 12.5. The van der Waals surface area contributed by atoms with E-state index in [1.807, 2.05) is 28.8 Å². The Labute approximate surface area is 172 Å². The maximum absolute atomic E-state index is 12.5. The lowest BCUT2D eigenvalue weighted by molar-refractivity contribution is 0.0693. The van der Waals surface area contributed by atoms with Crippen LogP contribution in [0.5, 0.6) is 0 Å². The van der Waals surface area contributed by atoms with Crippen LogP contribution in [0, 0.1) is 5.41 Å². The molecule has 7 nitrogen and oxygen atoms in total. The number of carboxylic acid groups (broad SMARTS) is 1. The van der Waals surface area contributed by atoms with E-state index in [2.05, 4.69) is 31.0 Å². The molecule has 7 heteroatoms. The fraction of sp³-hybridized carbons (Fsp3) is 0.261. The molecule has 0 spiro atoms. The van der Waals surface area contributed by atoms with E-state index >= 15 is 0 Å². The van der Waals surface area contributed by atoms with Gasteiger partial charge in [0.2, 0.25) is 0 Å². The van der Waals surface area contributed by atoms with Crippen LogP contribution in [0.4, 0.5) is 0 Å². The van der Waals surface area contributed by atoms with Gasteiger partial charge in [0.1, 0.15) is 11.1 Å². The van der Waals surface area contributed by atoms with Crippen molar-refractivity contribution in [2.24, 2.45) is 5.41 Å². The topological polar surface area (TPSA) is 101 Å². The molecule has 5 rings (SSSR count). The highest BCUT2D eigenvalue weighted by Gasteiger charge is 2.36. The molecule has 0 saturated carbocycles. The first kappa shape index (κ1) is 18.4. The summed E-state index contributed by atoms with van der Waals surface area (Å²) in [7, 11) is 0. The van der Waals surface area contributed by atoms with E-state index in [1.165, 1.54) is 12.3 Å². The van der Waals surface area contributed by atoms with Gasteiger partial charge in [-0.1, -0.05) is 32.9 Å². The zero-order valence-electron chi connectivity index (χ0n) is 16.9. The number of nitrogens with one attached hydrogen (secondary N) is 1. The molecule has 4 heterocycles. The van der Waals surface area contributed by atoms with E-state index < -0.39 is 11.4 Å². The first-order valence-corrected chi connectivity index (χ1v) is 9.79. The number of hydrogen-bond donors (Lipinski definition) is 2. The predicted molar refractivity (Wildman–Crippen MR) is 113 cm³/mol. The Morgan fingerprint density at radius 2 is 2.07 bits per heavy atom. The van der Waals surface area contributed by atoms with Gasteiger partial charge >= 0.3 is 5.97 Å². The summed E-state index contributed by atoms with van der Waals surface area (Å²) in [6.07, 6.45) is 3.84. The summed E-state index contributed by atoms with van der Waals surface area (Å²) in [5, 5.41) is 17.4. The second-order valence-corrected chi connectivity index (χ2v) is 8.83. The average molecular weight is 403 g/mol. The van der Waals surface area contributed by atoms with Gasteiger partial charge in [-0.05, 0) is 24.0 Å². The third kappa shape index (κ3) is 2.69. The Morgan fingerprint density at radius 1 is 1.27 bits per heavy atom. The first-order valence-electron chi connectivity index (χ1n) is 9.79. The molecule has 1 atom stereocenters. The van der Waals surface area contributed by atoms with E-state index in [-0.39, 0.29) is 17.0 Å². The minimum absolute atomic E-state index is 0.0215. The number of furan rings is 1. The van der Waals surface area contributed by atoms with Crippen molar-refractivity contribution in [2.75, 3.05) is 0 Å². The summed E-state index contributed by atoms with van der Waals surface area (Å²) in [5.41, 5.74) is 3.33. The number of aromatic nitrogens is 3. The first-order chi connectivity index (χ1) is 14.2. The average Bonchev–Trinajstić information content (AvgIpc) is 3.33. The Hall–Kier alpha value is -3.61. The molecule has 1 aromatic carbocycles. The number of pyridine rings is 1. The summed E-state index contributed by atoms with van der Waals surface area (Å²) in [4.78, 5) is 24.0. The number of fused-ring (bicyclic) bond motifs is 5. The van der Waals surface area contributed by atoms with Gasteiger partial charge in [-0.3, -0.25) is 9.89 Å².